The summed E-state index contributed by atoms with van der Waals surface area (Å²) in [5.41, 5.74) is 4.18. The molecule has 2 aromatic rings. The van der Waals surface area contributed by atoms with E-state index in [9.17, 15) is 18.0 Å². The molecule has 2 aliphatic heterocycles. The molecule has 2 heterocycles. The number of nitrogens with zero attached hydrogens (tertiary/aromatic N) is 2. The van der Waals surface area contributed by atoms with Crippen LogP contribution in [0.5, 0.6) is 11.5 Å². The van der Waals surface area contributed by atoms with Gasteiger partial charge in [-0.05, 0) is 80.3 Å². The first-order valence-electron chi connectivity index (χ1n) is 11.2. The maximum absolute atomic E-state index is 12.6. The summed E-state index contributed by atoms with van der Waals surface area (Å²) in [6.45, 7) is 6.30. The van der Waals surface area contributed by atoms with Gasteiger partial charge in [-0.1, -0.05) is 0 Å². The van der Waals surface area contributed by atoms with Crippen LogP contribution < -0.4 is 14.4 Å². The second-order valence-electron chi connectivity index (χ2n) is 9.50. The van der Waals surface area contributed by atoms with Crippen molar-refractivity contribution in [3.8, 4) is 17.6 Å². The van der Waals surface area contributed by atoms with Crippen LogP contribution in [0.25, 0.3) is 0 Å². The zero-order valence-corrected chi connectivity index (χ0v) is 19.7. The highest BCUT2D eigenvalue weighted by Crippen LogP contribution is 2.43. The van der Waals surface area contributed by atoms with Gasteiger partial charge in [-0.25, -0.2) is 0 Å². The predicted molar refractivity (Wildman–Crippen MR) is 122 cm³/mol. The summed E-state index contributed by atoms with van der Waals surface area (Å²) in [6.07, 6.45) is -3.11. The fraction of sp³-hybridized carbons (Fsp3) is 0.385. The van der Waals surface area contributed by atoms with Gasteiger partial charge in [-0.3, -0.25) is 4.79 Å². The number of fused-ring (bicyclic) bond motifs is 3. The van der Waals surface area contributed by atoms with Gasteiger partial charge in [0.1, 0.15) is 23.7 Å². The molecule has 0 radical (unpaired) electrons. The van der Waals surface area contributed by atoms with Crippen molar-refractivity contribution < 1.29 is 32.2 Å². The van der Waals surface area contributed by atoms with Crippen molar-refractivity contribution in [2.45, 2.75) is 58.6 Å². The first kappa shape index (κ1) is 24.5. The van der Waals surface area contributed by atoms with E-state index in [0.29, 0.717) is 17.7 Å². The van der Waals surface area contributed by atoms with E-state index in [0.717, 1.165) is 41.6 Å². The Balaban J connectivity index is 1.45. The van der Waals surface area contributed by atoms with Gasteiger partial charge in [-0.2, -0.15) is 5.26 Å². The van der Waals surface area contributed by atoms with Crippen molar-refractivity contribution in [3.63, 3.8) is 0 Å². The average Bonchev–Trinajstić information content (AvgIpc) is 3.28. The third-order valence-corrected chi connectivity index (χ3v) is 5.58. The number of hydrogen-bond donors (Lipinski definition) is 0. The number of esters is 1. The number of allylic oxidation sites excluding steroid dienone is 1. The fourth-order valence-electron chi connectivity index (χ4n) is 4.35. The number of alkyl halides is 3. The summed E-state index contributed by atoms with van der Waals surface area (Å²) < 4.78 is 53.0. The molecule has 0 unspecified atom stereocenters. The van der Waals surface area contributed by atoms with E-state index in [1.807, 2.05) is 39.0 Å². The molecule has 0 amide bonds. The molecule has 2 aromatic carbocycles. The number of hydrogen-bond acceptors (Lipinski definition) is 6. The van der Waals surface area contributed by atoms with Crippen LogP contribution in [0, 0.1) is 11.3 Å². The van der Waals surface area contributed by atoms with Gasteiger partial charge in [0.15, 0.2) is 0 Å². The highest BCUT2D eigenvalue weighted by Gasteiger charge is 2.33. The third-order valence-electron chi connectivity index (χ3n) is 5.58. The Morgan fingerprint density at radius 3 is 2.57 bits per heavy atom. The number of rotatable bonds is 6. The normalized spacial score (nSPS) is 14.9. The van der Waals surface area contributed by atoms with E-state index in [1.54, 1.807) is 6.07 Å². The van der Waals surface area contributed by atoms with Crippen molar-refractivity contribution in [1.29, 1.82) is 5.26 Å². The van der Waals surface area contributed by atoms with Gasteiger partial charge in [0, 0.05) is 24.4 Å². The van der Waals surface area contributed by atoms with Gasteiger partial charge in [0.25, 0.3) is 0 Å². The molecule has 4 rings (SSSR count). The average molecular weight is 486 g/mol. The highest BCUT2D eigenvalue weighted by molar-refractivity contribution is 5.76. The molecule has 0 bridgehead atoms. The van der Waals surface area contributed by atoms with E-state index in [1.165, 1.54) is 12.1 Å². The topological polar surface area (TPSA) is 71.8 Å². The molecule has 0 spiro atoms. The van der Waals surface area contributed by atoms with Gasteiger partial charge in [-0.15, -0.1) is 13.2 Å². The van der Waals surface area contributed by atoms with Gasteiger partial charge in [0.2, 0.25) is 0 Å². The highest BCUT2D eigenvalue weighted by atomic mass is 19.4. The van der Waals surface area contributed by atoms with Crippen LogP contribution in [0.2, 0.25) is 0 Å². The molecule has 0 atom stereocenters. The molecule has 6 nitrogen and oxygen atoms in total. The molecule has 0 saturated heterocycles. The molecule has 0 saturated carbocycles. The van der Waals surface area contributed by atoms with Crippen molar-refractivity contribution in [3.05, 3.63) is 64.4 Å². The smallest absolute Gasteiger partial charge is 0.489 e. The number of carbonyl (C=O) groups excluding carboxylic acids is 1. The number of nitriles is 1. The number of halogens is 3. The van der Waals surface area contributed by atoms with Gasteiger partial charge in [0.05, 0.1) is 18.1 Å². The van der Waals surface area contributed by atoms with E-state index in [4.69, 9.17) is 14.7 Å². The zero-order valence-electron chi connectivity index (χ0n) is 19.7. The van der Waals surface area contributed by atoms with E-state index < -0.39 is 17.7 Å². The molecule has 9 heteroatoms. The summed E-state index contributed by atoms with van der Waals surface area (Å²) in [4.78, 5) is 14.5. The zero-order chi connectivity index (χ0) is 25.4. The second kappa shape index (κ2) is 9.17. The van der Waals surface area contributed by atoms with Crippen LogP contribution in [0.3, 0.4) is 0 Å². The van der Waals surface area contributed by atoms with Crippen molar-refractivity contribution in [2.24, 2.45) is 0 Å². The summed E-state index contributed by atoms with van der Waals surface area (Å²) in [6, 6.07) is 11.2. The van der Waals surface area contributed by atoms with Crippen molar-refractivity contribution >= 4 is 11.7 Å². The third kappa shape index (κ3) is 6.07. The van der Waals surface area contributed by atoms with Crippen LogP contribution in [-0.2, 0) is 22.6 Å². The molecular weight excluding hydrogens is 461 g/mol. The number of benzene rings is 2. The van der Waals surface area contributed by atoms with Crippen LogP contribution in [-0.4, -0.2) is 24.5 Å². The lowest BCUT2D eigenvalue weighted by Gasteiger charge is -2.19. The summed E-state index contributed by atoms with van der Waals surface area (Å²) in [7, 11) is 0. The Bertz CT molecular complexity index is 1220. The van der Waals surface area contributed by atoms with Crippen LogP contribution in [0.4, 0.5) is 18.9 Å². The first-order chi connectivity index (χ1) is 16.4. The fourth-order valence-corrected chi connectivity index (χ4v) is 4.35. The van der Waals surface area contributed by atoms with Crippen molar-refractivity contribution in [1.82, 2.24) is 0 Å². The minimum atomic E-state index is -4.85. The largest absolute Gasteiger partial charge is 0.573 e. The second-order valence-corrected chi connectivity index (χ2v) is 9.50. The van der Waals surface area contributed by atoms with E-state index in [-0.39, 0.29) is 24.6 Å². The number of anilines is 1. The lowest BCUT2D eigenvalue weighted by atomic mass is 10.0. The minimum Gasteiger partial charge on any atom is -0.489 e. The standard InChI is InChI=1S/C26H25F3N2O4/c1-25(2,3)35-24(32)13-18-6-7-31-22-5-4-20(11-19(22)12-23(18)31)33-15-17-8-16(14-30)9-21(10-17)34-26(27,28)29/h4-5,8-11H,6-7,12-13,15H2,1-3H3. The Morgan fingerprint density at radius 2 is 1.89 bits per heavy atom. The molecule has 184 valence electrons. The molecule has 0 aromatic heterocycles. The predicted octanol–water partition coefficient (Wildman–Crippen LogP) is 5.79. The molecule has 0 aliphatic carbocycles. The number of carbonyl (C=O) groups is 1. The summed E-state index contributed by atoms with van der Waals surface area (Å²) in [5, 5.41) is 9.12. The maximum atomic E-state index is 12.6. The Labute approximate surface area is 201 Å². The van der Waals surface area contributed by atoms with Crippen molar-refractivity contribution in [2.75, 3.05) is 11.4 Å². The monoisotopic (exact) mass is 486 g/mol. The lowest BCUT2D eigenvalue weighted by molar-refractivity contribution is -0.274. The van der Waals surface area contributed by atoms with Crippen LogP contribution in [0.1, 0.15) is 50.3 Å². The Kier molecular flexibility index (Phi) is 6.41. The van der Waals surface area contributed by atoms with Crippen LogP contribution in [0.15, 0.2) is 47.7 Å². The molecule has 0 fully saturated rings. The number of ether oxygens (including phenoxy) is 3. The SMILES string of the molecule is CC(C)(C)OC(=O)CC1=C2Cc3cc(OCc4cc(C#N)cc(OC(F)(F)F)c4)ccc3N2CC1. The Hall–Kier alpha value is -3.67. The Morgan fingerprint density at radius 1 is 1.11 bits per heavy atom. The van der Waals surface area contributed by atoms with E-state index in [2.05, 4.69) is 9.64 Å². The lowest BCUT2D eigenvalue weighted by Crippen LogP contribution is -2.24. The quantitative estimate of drug-likeness (QED) is 0.482. The molecule has 2 aliphatic rings. The molecular formula is C26H25F3N2O4. The summed E-state index contributed by atoms with van der Waals surface area (Å²) in [5.74, 6) is -0.149. The maximum Gasteiger partial charge on any atom is 0.573 e. The van der Waals surface area contributed by atoms with Gasteiger partial charge >= 0.3 is 12.3 Å². The summed E-state index contributed by atoms with van der Waals surface area (Å²) >= 11 is 0. The van der Waals surface area contributed by atoms with Gasteiger partial charge < -0.3 is 19.1 Å². The molecule has 0 N–H and O–H groups in total. The first-order valence-corrected chi connectivity index (χ1v) is 11.2. The minimum absolute atomic E-state index is 0.0289. The van der Waals surface area contributed by atoms with E-state index >= 15 is 0 Å². The molecule has 35 heavy (non-hydrogen) atoms. The van der Waals surface area contributed by atoms with Crippen LogP contribution >= 0.6 is 0 Å².